The molecule has 0 atom stereocenters. The SMILES string of the molecule is Cc1cc(C)c(C)c(-c2nc3cccc(C)n3c2N=O)c1C. The van der Waals surface area contributed by atoms with Crippen LogP contribution in [0, 0.1) is 39.5 Å². The van der Waals surface area contributed by atoms with Crippen molar-refractivity contribution in [2.24, 2.45) is 5.18 Å². The van der Waals surface area contributed by atoms with Crippen LogP contribution in [0.15, 0.2) is 29.4 Å². The van der Waals surface area contributed by atoms with Gasteiger partial charge in [0.1, 0.15) is 11.3 Å². The van der Waals surface area contributed by atoms with E-state index in [2.05, 4.69) is 43.9 Å². The molecule has 3 rings (SSSR count). The van der Waals surface area contributed by atoms with Crippen molar-refractivity contribution >= 4 is 11.5 Å². The summed E-state index contributed by atoms with van der Waals surface area (Å²) in [4.78, 5) is 16.2. The molecule has 0 saturated carbocycles. The zero-order valence-electron chi connectivity index (χ0n) is 13.6. The van der Waals surface area contributed by atoms with Crippen LogP contribution in [0.2, 0.25) is 0 Å². The summed E-state index contributed by atoms with van der Waals surface area (Å²) in [7, 11) is 0. The Bertz CT molecular complexity index is 880. The maximum atomic E-state index is 11.5. The first kappa shape index (κ1) is 14.4. The molecule has 0 unspecified atom stereocenters. The third-order valence-electron chi connectivity index (χ3n) is 4.50. The smallest absolute Gasteiger partial charge is 0.209 e. The Balaban J connectivity index is 2.47. The van der Waals surface area contributed by atoms with E-state index in [9.17, 15) is 4.91 Å². The van der Waals surface area contributed by atoms with E-state index >= 15 is 0 Å². The van der Waals surface area contributed by atoms with Crippen LogP contribution in [-0.2, 0) is 0 Å². The predicted octanol–water partition coefficient (Wildman–Crippen LogP) is 4.94. The van der Waals surface area contributed by atoms with Crippen LogP contribution >= 0.6 is 0 Å². The van der Waals surface area contributed by atoms with Crippen LogP contribution in [-0.4, -0.2) is 9.38 Å². The van der Waals surface area contributed by atoms with Gasteiger partial charge in [0.25, 0.3) is 0 Å². The number of hydrogen-bond donors (Lipinski definition) is 0. The van der Waals surface area contributed by atoms with Crippen molar-refractivity contribution in [1.82, 2.24) is 9.38 Å². The van der Waals surface area contributed by atoms with E-state index in [1.807, 2.05) is 29.5 Å². The molecule has 0 spiro atoms. The van der Waals surface area contributed by atoms with Gasteiger partial charge in [0, 0.05) is 11.3 Å². The fourth-order valence-electron chi connectivity index (χ4n) is 3.06. The zero-order valence-corrected chi connectivity index (χ0v) is 13.6. The Morgan fingerprint density at radius 2 is 1.64 bits per heavy atom. The number of fused-ring (bicyclic) bond motifs is 1. The lowest BCUT2D eigenvalue weighted by atomic mass is 9.92. The Morgan fingerprint density at radius 3 is 2.23 bits per heavy atom. The number of nitrogens with zero attached hydrogens (tertiary/aromatic N) is 3. The van der Waals surface area contributed by atoms with E-state index in [1.165, 1.54) is 11.1 Å². The zero-order chi connectivity index (χ0) is 16.0. The quantitative estimate of drug-likeness (QED) is 0.628. The van der Waals surface area contributed by atoms with E-state index in [-0.39, 0.29) is 0 Å². The van der Waals surface area contributed by atoms with Gasteiger partial charge in [-0.25, -0.2) is 4.98 Å². The fraction of sp³-hybridized carbons (Fsp3) is 0.278. The second-order valence-electron chi connectivity index (χ2n) is 5.87. The number of pyridine rings is 1. The second kappa shape index (κ2) is 5.05. The highest BCUT2D eigenvalue weighted by Gasteiger charge is 2.20. The van der Waals surface area contributed by atoms with Crippen LogP contribution in [0.4, 0.5) is 5.82 Å². The van der Waals surface area contributed by atoms with Gasteiger partial charge in [-0.05, 0) is 74.2 Å². The molecular weight excluding hydrogens is 274 g/mol. The van der Waals surface area contributed by atoms with Gasteiger partial charge in [-0.15, -0.1) is 4.91 Å². The van der Waals surface area contributed by atoms with E-state index in [0.29, 0.717) is 11.5 Å². The summed E-state index contributed by atoms with van der Waals surface area (Å²) >= 11 is 0. The topological polar surface area (TPSA) is 46.7 Å². The molecule has 2 heterocycles. The predicted molar refractivity (Wildman–Crippen MR) is 89.8 cm³/mol. The van der Waals surface area contributed by atoms with Crippen molar-refractivity contribution in [1.29, 1.82) is 0 Å². The van der Waals surface area contributed by atoms with Gasteiger partial charge >= 0.3 is 0 Å². The summed E-state index contributed by atoms with van der Waals surface area (Å²) < 4.78 is 1.82. The summed E-state index contributed by atoms with van der Waals surface area (Å²) in [5, 5.41) is 3.29. The molecule has 0 radical (unpaired) electrons. The monoisotopic (exact) mass is 293 g/mol. The third kappa shape index (κ3) is 1.95. The van der Waals surface area contributed by atoms with E-state index < -0.39 is 0 Å². The largest absolute Gasteiger partial charge is 0.278 e. The first-order valence-corrected chi connectivity index (χ1v) is 7.35. The number of hydrogen-bond acceptors (Lipinski definition) is 3. The number of nitroso groups, excluding NO2 is 1. The molecule has 0 saturated heterocycles. The van der Waals surface area contributed by atoms with Gasteiger partial charge in [0.05, 0.1) is 0 Å². The van der Waals surface area contributed by atoms with Crippen LogP contribution in [0.25, 0.3) is 16.9 Å². The molecule has 3 aromatic rings. The van der Waals surface area contributed by atoms with Gasteiger partial charge in [0.15, 0.2) is 0 Å². The van der Waals surface area contributed by atoms with Crippen molar-refractivity contribution in [3.8, 4) is 11.3 Å². The van der Waals surface area contributed by atoms with E-state index in [0.717, 1.165) is 28.0 Å². The Morgan fingerprint density at radius 1 is 1.00 bits per heavy atom. The summed E-state index contributed by atoms with van der Waals surface area (Å²) in [6, 6.07) is 7.97. The lowest BCUT2D eigenvalue weighted by Crippen LogP contribution is -1.95. The molecule has 0 aliphatic rings. The molecule has 0 aliphatic heterocycles. The van der Waals surface area contributed by atoms with Crippen molar-refractivity contribution < 1.29 is 0 Å². The van der Waals surface area contributed by atoms with Crippen molar-refractivity contribution in [2.75, 3.05) is 0 Å². The maximum absolute atomic E-state index is 11.5. The third-order valence-corrected chi connectivity index (χ3v) is 4.50. The standard InChI is InChI=1S/C18H19N3O/c1-10-9-11(2)14(5)16(13(10)4)17-18(20-22)21-12(3)7-6-8-15(21)19-17/h6-9H,1-5H3. The molecule has 2 aromatic heterocycles. The number of aromatic nitrogens is 2. The first-order chi connectivity index (χ1) is 10.5. The van der Waals surface area contributed by atoms with Crippen molar-refractivity contribution in [3.63, 3.8) is 0 Å². The number of imidazole rings is 1. The Hall–Kier alpha value is -2.49. The second-order valence-corrected chi connectivity index (χ2v) is 5.87. The summed E-state index contributed by atoms with van der Waals surface area (Å²) in [5.41, 5.74) is 8.09. The number of rotatable bonds is 2. The fourth-order valence-corrected chi connectivity index (χ4v) is 3.06. The van der Waals surface area contributed by atoms with Crippen LogP contribution in [0.3, 0.4) is 0 Å². The maximum Gasteiger partial charge on any atom is 0.209 e. The van der Waals surface area contributed by atoms with E-state index in [4.69, 9.17) is 0 Å². The van der Waals surface area contributed by atoms with Gasteiger partial charge in [-0.2, -0.15) is 0 Å². The molecule has 4 nitrogen and oxygen atoms in total. The Kier molecular flexibility index (Phi) is 3.32. The molecule has 1 aromatic carbocycles. The van der Waals surface area contributed by atoms with E-state index in [1.54, 1.807) is 0 Å². The highest BCUT2D eigenvalue weighted by Crippen LogP contribution is 2.37. The molecule has 22 heavy (non-hydrogen) atoms. The molecule has 4 heteroatoms. The highest BCUT2D eigenvalue weighted by molar-refractivity contribution is 5.80. The molecule has 0 amide bonds. The Labute approximate surface area is 129 Å². The minimum Gasteiger partial charge on any atom is -0.278 e. The van der Waals surface area contributed by atoms with Gasteiger partial charge < -0.3 is 0 Å². The average Bonchev–Trinajstić information content (AvgIpc) is 2.85. The summed E-state index contributed by atoms with van der Waals surface area (Å²) in [6.07, 6.45) is 0. The van der Waals surface area contributed by atoms with Crippen LogP contribution < -0.4 is 0 Å². The van der Waals surface area contributed by atoms with Crippen molar-refractivity contribution in [2.45, 2.75) is 34.6 Å². The van der Waals surface area contributed by atoms with Crippen LogP contribution in [0.5, 0.6) is 0 Å². The molecule has 0 bridgehead atoms. The molecule has 0 aliphatic carbocycles. The summed E-state index contributed by atoms with van der Waals surface area (Å²) in [6.45, 7) is 10.3. The van der Waals surface area contributed by atoms with Crippen molar-refractivity contribution in [3.05, 3.63) is 57.1 Å². The molecule has 0 N–H and O–H groups in total. The highest BCUT2D eigenvalue weighted by atomic mass is 16.3. The first-order valence-electron chi connectivity index (χ1n) is 7.35. The lowest BCUT2D eigenvalue weighted by molar-refractivity contribution is 1.08. The minimum atomic E-state index is 0.379. The number of aryl methyl sites for hydroxylation is 3. The minimum absolute atomic E-state index is 0.379. The average molecular weight is 293 g/mol. The van der Waals surface area contributed by atoms with Gasteiger partial charge in [0.2, 0.25) is 5.82 Å². The van der Waals surface area contributed by atoms with Crippen LogP contribution in [0.1, 0.15) is 27.9 Å². The summed E-state index contributed by atoms with van der Waals surface area (Å²) in [5.74, 6) is 0.379. The molecule has 0 fully saturated rings. The van der Waals surface area contributed by atoms with Gasteiger partial charge in [-0.1, -0.05) is 12.1 Å². The lowest BCUT2D eigenvalue weighted by Gasteiger charge is -2.13. The molecular formula is C18H19N3O. The van der Waals surface area contributed by atoms with Gasteiger partial charge in [-0.3, -0.25) is 4.40 Å². The normalized spacial score (nSPS) is 11.1. The number of benzene rings is 1. The molecule has 112 valence electrons.